The summed E-state index contributed by atoms with van der Waals surface area (Å²) in [6.07, 6.45) is 3.88. The van der Waals surface area contributed by atoms with Crippen LogP contribution in [0.15, 0.2) is 66.7 Å². The molecule has 152 valence electrons. The summed E-state index contributed by atoms with van der Waals surface area (Å²) in [5.41, 5.74) is 2.23. The lowest BCUT2D eigenvalue weighted by Crippen LogP contribution is -2.38. The second kappa shape index (κ2) is 9.43. The van der Waals surface area contributed by atoms with Gasteiger partial charge in [0.25, 0.3) is 0 Å². The Kier molecular flexibility index (Phi) is 6.48. The van der Waals surface area contributed by atoms with Crippen molar-refractivity contribution in [2.75, 3.05) is 19.6 Å². The van der Waals surface area contributed by atoms with E-state index in [1.165, 1.54) is 16.3 Å². The minimum Gasteiger partial charge on any atom is -0.489 e. The first-order valence-corrected chi connectivity index (χ1v) is 10.8. The highest BCUT2D eigenvalue weighted by molar-refractivity contribution is 5.89. The fourth-order valence-electron chi connectivity index (χ4n) is 4.28. The molecule has 0 spiro atoms. The minimum atomic E-state index is -0.355. The van der Waals surface area contributed by atoms with Crippen LogP contribution in [0.1, 0.15) is 42.9 Å². The Hall–Kier alpha value is -2.36. The molecule has 1 unspecified atom stereocenters. The minimum absolute atomic E-state index is 0.283. The number of ether oxygens (including phenoxy) is 1. The third-order valence-corrected chi connectivity index (χ3v) is 6.03. The summed E-state index contributed by atoms with van der Waals surface area (Å²) in [6, 6.07) is 22.8. The third-order valence-electron chi connectivity index (χ3n) is 6.03. The van der Waals surface area contributed by atoms with Crippen LogP contribution in [0, 0.1) is 6.92 Å². The predicted octanol–water partition coefficient (Wildman–Crippen LogP) is 5.51. The Morgan fingerprint density at radius 2 is 1.69 bits per heavy atom. The molecular formula is C26H31NO2. The van der Waals surface area contributed by atoms with Gasteiger partial charge in [-0.15, -0.1) is 0 Å². The second-order valence-electron chi connectivity index (χ2n) is 8.16. The van der Waals surface area contributed by atoms with Gasteiger partial charge >= 0.3 is 0 Å². The van der Waals surface area contributed by atoms with E-state index in [1.807, 2.05) is 30.3 Å². The van der Waals surface area contributed by atoms with Gasteiger partial charge in [-0.1, -0.05) is 66.7 Å². The highest BCUT2D eigenvalue weighted by Gasteiger charge is 2.22. The highest BCUT2D eigenvalue weighted by atomic mass is 16.5. The van der Waals surface area contributed by atoms with Crippen molar-refractivity contribution in [2.24, 2.45) is 0 Å². The van der Waals surface area contributed by atoms with E-state index in [2.05, 4.69) is 48.2 Å². The molecule has 4 rings (SSSR count). The Labute approximate surface area is 173 Å². The smallest absolute Gasteiger partial charge is 0.130 e. The van der Waals surface area contributed by atoms with Crippen LogP contribution in [-0.4, -0.2) is 35.7 Å². The molecule has 1 N–H and O–H groups in total. The van der Waals surface area contributed by atoms with Crippen LogP contribution in [0.2, 0.25) is 0 Å². The van der Waals surface area contributed by atoms with Crippen LogP contribution in [0.25, 0.3) is 10.8 Å². The molecule has 3 nitrogen and oxygen atoms in total. The molecular weight excluding hydrogens is 358 g/mol. The number of aliphatic hydroxyl groups is 1. The SMILES string of the molecule is Cc1ccc2ccccc2c1OC1CCN(CCCC(O)c2ccccc2)CC1. The first kappa shape index (κ1) is 19.9. The number of nitrogens with zero attached hydrogens (tertiary/aromatic N) is 1. The molecule has 1 atom stereocenters. The lowest BCUT2D eigenvalue weighted by atomic mass is 10.0. The zero-order valence-electron chi connectivity index (χ0n) is 17.3. The molecule has 1 aliphatic rings. The van der Waals surface area contributed by atoms with Crippen LogP contribution in [0.5, 0.6) is 5.75 Å². The van der Waals surface area contributed by atoms with Crippen molar-refractivity contribution >= 4 is 10.8 Å². The number of rotatable bonds is 7. The van der Waals surface area contributed by atoms with E-state index in [-0.39, 0.29) is 12.2 Å². The number of aliphatic hydroxyl groups excluding tert-OH is 1. The van der Waals surface area contributed by atoms with Crippen molar-refractivity contribution in [1.82, 2.24) is 4.90 Å². The third kappa shape index (κ3) is 4.98. The summed E-state index contributed by atoms with van der Waals surface area (Å²) in [7, 11) is 0. The van der Waals surface area contributed by atoms with Crippen LogP contribution in [0.3, 0.4) is 0 Å². The molecule has 1 heterocycles. The van der Waals surface area contributed by atoms with Crippen molar-refractivity contribution in [2.45, 2.75) is 44.8 Å². The van der Waals surface area contributed by atoms with E-state index in [4.69, 9.17) is 4.74 Å². The lowest BCUT2D eigenvalue weighted by Gasteiger charge is -2.32. The number of hydrogen-bond donors (Lipinski definition) is 1. The summed E-state index contributed by atoms with van der Waals surface area (Å²) in [5.74, 6) is 1.05. The zero-order valence-corrected chi connectivity index (χ0v) is 17.3. The van der Waals surface area contributed by atoms with Gasteiger partial charge in [-0.05, 0) is 55.7 Å². The van der Waals surface area contributed by atoms with Crippen molar-refractivity contribution < 1.29 is 9.84 Å². The molecule has 0 aromatic heterocycles. The fourth-order valence-corrected chi connectivity index (χ4v) is 4.28. The number of piperidine rings is 1. The maximum absolute atomic E-state index is 10.3. The zero-order chi connectivity index (χ0) is 20.1. The Morgan fingerprint density at radius 1 is 0.966 bits per heavy atom. The van der Waals surface area contributed by atoms with Crippen molar-refractivity contribution in [3.63, 3.8) is 0 Å². The van der Waals surface area contributed by atoms with Crippen molar-refractivity contribution in [1.29, 1.82) is 0 Å². The number of aryl methyl sites for hydroxylation is 1. The van der Waals surface area contributed by atoms with Crippen LogP contribution in [-0.2, 0) is 0 Å². The monoisotopic (exact) mass is 389 g/mol. The summed E-state index contributed by atoms with van der Waals surface area (Å²) in [4.78, 5) is 2.51. The van der Waals surface area contributed by atoms with Crippen LogP contribution >= 0.6 is 0 Å². The first-order valence-electron chi connectivity index (χ1n) is 10.8. The van der Waals surface area contributed by atoms with E-state index < -0.39 is 0 Å². The molecule has 0 amide bonds. The first-order chi connectivity index (χ1) is 14.2. The topological polar surface area (TPSA) is 32.7 Å². The molecule has 3 aromatic carbocycles. The van der Waals surface area contributed by atoms with Gasteiger partial charge in [0, 0.05) is 18.5 Å². The Bertz CT molecular complexity index is 916. The molecule has 1 fully saturated rings. The molecule has 0 aliphatic carbocycles. The molecule has 0 bridgehead atoms. The van der Waals surface area contributed by atoms with E-state index in [0.717, 1.165) is 56.6 Å². The number of hydrogen-bond acceptors (Lipinski definition) is 3. The average Bonchev–Trinajstić information content (AvgIpc) is 2.77. The van der Waals surface area contributed by atoms with E-state index >= 15 is 0 Å². The Morgan fingerprint density at radius 3 is 2.48 bits per heavy atom. The van der Waals surface area contributed by atoms with E-state index in [9.17, 15) is 5.11 Å². The maximum Gasteiger partial charge on any atom is 0.130 e. The quantitative estimate of drug-likeness (QED) is 0.579. The standard InChI is InChI=1S/C26H31NO2/c1-20-13-14-21-8-5-6-11-24(21)26(20)29-23-15-18-27(19-16-23)17-7-12-25(28)22-9-3-2-4-10-22/h2-6,8-11,13-14,23,25,28H,7,12,15-19H2,1H3. The molecule has 1 aliphatic heterocycles. The number of benzene rings is 3. The Balaban J connectivity index is 1.26. The maximum atomic E-state index is 10.3. The predicted molar refractivity (Wildman–Crippen MR) is 119 cm³/mol. The van der Waals surface area contributed by atoms with Crippen molar-refractivity contribution in [3.8, 4) is 5.75 Å². The van der Waals surface area contributed by atoms with Crippen LogP contribution < -0.4 is 4.74 Å². The average molecular weight is 390 g/mol. The molecule has 3 aromatic rings. The van der Waals surface area contributed by atoms with Gasteiger partial charge in [0.05, 0.1) is 6.10 Å². The van der Waals surface area contributed by atoms with E-state index in [0.29, 0.717) is 0 Å². The molecule has 29 heavy (non-hydrogen) atoms. The molecule has 0 radical (unpaired) electrons. The summed E-state index contributed by atoms with van der Waals surface area (Å²) in [6.45, 7) is 5.31. The lowest BCUT2D eigenvalue weighted by molar-refractivity contribution is 0.0950. The normalized spacial score (nSPS) is 16.8. The van der Waals surface area contributed by atoms with Gasteiger partial charge in [-0.25, -0.2) is 0 Å². The number of likely N-dealkylation sites (tertiary alicyclic amines) is 1. The van der Waals surface area contributed by atoms with Gasteiger partial charge < -0.3 is 14.7 Å². The van der Waals surface area contributed by atoms with Crippen molar-refractivity contribution in [3.05, 3.63) is 77.9 Å². The largest absolute Gasteiger partial charge is 0.489 e. The van der Waals surface area contributed by atoms with Crippen LogP contribution in [0.4, 0.5) is 0 Å². The summed E-state index contributed by atoms with van der Waals surface area (Å²) in [5, 5.41) is 12.8. The summed E-state index contributed by atoms with van der Waals surface area (Å²) < 4.78 is 6.48. The molecule has 3 heteroatoms. The molecule has 1 saturated heterocycles. The van der Waals surface area contributed by atoms with Gasteiger partial charge in [0.1, 0.15) is 11.9 Å². The molecule has 0 saturated carbocycles. The van der Waals surface area contributed by atoms with E-state index in [1.54, 1.807) is 0 Å². The second-order valence-corrected chi connectivity index (χ2v) is 8.16. The van der Waals surface area contributed by atoms with Gasteiger partial charge in [-0.2, -0.15) is 0 Å². The number of fused-ring (bicyclic) bond motifs is 1. The van der Waals surface area contributed by atoms with Gasteiger partial charge in [0.15, 0.2) is 0 Å². The van der Waals surface area contributed by atoms with Gasteiger partial charge in [-0.3, -0.25) is 0 Å². The van der Waals surface area contributed by atoms with Gasteiger partial charge in [0.2, 0.25) is 0 Å². The highest BCUT2D eigenvalue weighted by Crippen LogP contribution is 2.31. The summed E-state index contributed by atoms with van der Waals surface area (Å²) >= 11 is 0. The fraction of sp³-hybridized carbons (Fsp3) is 0.385.